The second-order valence-electron chi connectivity index (χ2n) is 9.06. The lowest BCUT2D eigenvalue weighted by atomic mass is 9.68. The van der Waals surface area contributed by atoms with E-state index >= 15 is 0 Å². The van der Waals surface area contributed by atoms with Crippen LogP contribution in [0.25, 0.3) is 0 Å². The van der Waals surface area contributed by atoms with Gasteiger partial charge in [0.1, 0.15) is 0 Å². The highest BCUT2D eigenvalue weighted by molar-refractivity contribution is 6.35. The first kappa shape index (κ1) is 29.2. The van der Waals surface area contributed by atoms with Crippen LogP contribution in [0.1, 0.15) is 37.4 Å². The van der Waals surface area contributed by atoms with Crippen molar-refractivity contribution in [1.29, 1.82) is 0 Å². The van der Waals surface area contributed by atoms with Crippen molar-refractivity contribution in [2.45, 2.75) is 12.5 Å². The molecule has 1 aliphatic carbocycles. The largest absolute Gasteiger partial charge is 0.493 e. The van der Waals surface area contributed by atoms with Crippen LogP contribution in [0.2, 0.25) is 0 Å². The predicted octanol–water partition coefficient (Wildman–Crippen LogP) is 3.82. The van der Waals surface area contributed by atoms with Gasteiger partial charge in [-0.15, -0.1) is 0 Å². The number of aliphatic hydroxyl groups is 1. The summed E-state index contributed by atoms with van der Waals surface area (Å²) in [5.41, 5.74) is -3.12. The second-order valence-corrected chi connectivity index (χ2v) is 9.06. The first-order chi connectivity index (χ1) is 19.6. The molecule has 1 atom stereocenters. The molecule has 1 unspecified atom stereocenters. The Kier molecular flexibility index (Phi) is 8.07. The molecule has 3 aromatic carbocycles. The van der Waals surface area contributed by atoms with Crippen molar-refractivity contribution in [3.8, 4) is 28.7 Å². The molecule has 0 radical (unpaired) electrons. The smallest absolute Gasteiger partial charge is 0.338 e. The number of benzene rings is 3. The van der Waals surface area contributed by atoms with E-state index < -0.39 is 34.3 Å². The molecule has 0 fully saturated rings. The highest BCUT2D eigenvalue weighted by Crippen LogP contribution is 2.55. The summed E-state index contributed by atoms with van der Waals surface area (Å²) in [6.45, 7) is 1.70. The maximum atomic E-state index is 14.3. The third-order valence-electron chi connectivity index (χ3n) is 7.08. The highest BCUT2D eigenvalue weighted by Gasteiger charge is 2.54. The number of allylic oxidation sites excluding steroid dienone is 1. The number of fused-ring (bicyclic) bond motifs is 1. The first-order valence-electron chi connectivity index (χ1n) is 12.4. The maximum Gasteiger partial charge on any atom is 0.338 e. The van der Waals surface area contributed by atoms with Crippen LogP contribution in [-0.2, 0) is 15.1 Å². The molecular weight excluding hydrogens is 532 g/mol. The fourth-order valence-electron chi connectivity index (χ4n) is 5.13. The molecule has 0 aliphatic heterocycles. The molecule has 0 saturated carbocycles. The van der Waals surface area contributed by atoms with Crippen molar-refractivity contribution < 1.29 is 47.9 Å². The zero-order valence-electron chi connectivity index (χ0n) is 23.7. The fraction of sp³-hybridized carbons (Fsp3) is 0.258. The summed E-state index contributed by atoms with van der Waals surface area (Å²) in [5, 5.41) is 12.9. The Balaban J connectivity index is 2.25. The third-order valence-corrected chi connectivity index (χ3v) is 7.08. The number of carbonyl (C=O) groups excluding carboxylic acids is 3. The molecule has 1 N–H and O–H groups in total. The van der Waals surface area contributed by atoms with Gasteiger partial charge in [0.05, 0.1) is 59.4 Å². The van der Waals surface area contributed by atoms with Gasteiger partial charge in [-0.05, 0) is 36.2 Å². The van der Waals surface area contributed by atoms with Crippen LogP contribution in [0.3, 0.4) is 0 Å². The van der Waals surface area contributed by atoms with E-state index in [0.29, 0.717) is 11.3 Å². The number of methoxy groups -OCH3 is 6. The average Bonchev–Trinajstić information content (AvgIpc) is 3.00. The molecule has 10 nitrogen and oxygen atoms in total. The number of hydrogen-bond acceptors (Lipinski definition) is 10. The standard InChI is InChI=1S/C31H30O10/c1-16-10-8-9-11-18(16)26(32)23-25(30(34)41-7)31(35,17-12-13-20(36-2)21(14-17)37-3)24-19(27(23)33)15-22(38-4)28(39-5)29(24)40-6/h8-15,35H,1-7H3. The maximum absolute atomic E-state index is 14.3. The molecule has 0 bridgehead atoms. The Morgan fingerprint density at radius 1 is 0.756 bits per heavy atom. The summed E-state index contributed by atoms with van der Waals surface area (Å²) in [5.74, 6) is -2.08. The number of hydrogen-bond donors (Lipinski definition) is 1. The molecule has 0 heterocycles. The molecule has 4 rings (SSSR count). The Labute approximate surface area is 237 Å². The number of aryl methyl sites for hydroxylation is 1. The van der Waals surface area contributed by atoms with E-state index in [2.05, 4.69) is 0 Å². The SMILES string of the molecule is COC(=O)C1=C(C(=O)c2ccccc2C)C(=O)c2cc(OC)c(OC)c(OC)c2C1(O)c1ccc(OC)c(OC)c1. The van der Waals surface area contributed by atoms with Gasteiger partial charge in [-0.3, -0.25) is 9.59 Å². The van der Waals surface area contributed by atoms with E-state index in [0.717, 1.165) is 7.11 Å². The van der Waals surface area contributed by atoms with Gasteiger partial charge in [0.25, 0.3) is 0 Å². The molecule has 0 spiro atoms. The minimum atomic E-state index is -2.48. The van der Waals surface area contributed by atoms with E-state index in [9.17, 15) is 19.5 Å². The van der Waals surface area contributed by atoms with E-state index in [4.69, 9.17) is 28.4 Å². The number of carbonyl (C=O) groups is 3. The average molecular weight is 563 g/mol. The topological polar surface area (TPSA) is 127 Å². The molecule has 41 heavy (non-hydrogen) atoms. The van der Waals surface area contributed by atoms with Gasteiger partial charge in [-0.25, -0.2) is 4.79 Å². The van der Waals surface area contributed by atoms with Crippen LogP contribution < -0.4 is 23.7 Å². The summed E-state index contributed by atoms with van der Waals surface area (Å²) in [4.78, 5) is 42.0. The minimum absolute atomic E-state index is 0.0540. The predicted molar refractivity (Wildman–Crippen MR) is 148 cm³/mol. The van der Waals surface area contributed by atoms with E-state index in [1.165, 1.54) is 65.9 Å². The molecular formula is C31H30O10. The number of Topliss-reactive ketones (excluding diaryl/α,β-unsaturated/α-hetero) is 2. The molecule has 3 aromatic rings. The number of esters is 1. The number of rotatable bonds is 9. The van der Waals surface area contributed by atoms with E-state index in [1.807, 2.05) is 0 Å². The summed E-state index contributed by atoms with van der Waals surface area (Å²) in [6.07, 6.45) is 0. The minimum Gasteiger partial charge on any atom is -0.493 e. The van der Waals surface area contributed by atoms with Crippen LogP contribution in [0.5, 0.6) is 28.7 Å². The van der Waals surface area contributed by atoms with Crippen LogP contribution in [0.15, 0.2) is 59.7 Å². The highest BCUT2D eigenvalue weighted by atomic mass is 16.5. The molecule has 10 heteroatoms. The van der Waals surface area contributed by atoms with Crippen molar-refractivity contribution in [3.05, 3.63) is 87.5 Å². The summed E-state index contributed by atoms with van der Waals surface area (Å²) < 4.78 is 32.6. The van der Waals surface area contributed by atoms with Crippen molar-refractivity contribution in [3.63, 3.8) is 0 Å². The first-order valence-corrected chi connectivity index (χ1v) is 12.4. The summed E-state index contributed by atoms with van der Waals surface area (Å²) in [6, 6.07) is 12.4. The van der Waals surface area contributed by atoms with Gasteiger partial charge in [0.2, 0.25) is 5.75 Å². The number of ether oxygens (including phenoxy) is 6. The van der Waals surface area contributed by atoms with Gasteiger partial charge in [0, 0.05) is 11.1 Å². The lowest BCUT2D eigenvalue weighted by Gasteiger charge is -2.38. The Hall–Kier alpha value is -4.83. The van der Waals surface area contributed by atoms with Crippen molar-refractivity contribution in [2.75, 3.05) is 42.7 Å². The zero-order chi connectivity index (χ0) is 30.1. The van der Waals surface area contributed by atoms with E-state index in [-0.39, 0.29) is 45.3 Å². The van der Waals surface area contributed by atoms with Crippen molar-refractivity contribution in [2.24, 2.45) is 0 Å². The summed E-state index contributed by atoms with van der Waals surface area (Å²) >= 11 is 0. The third kappa shape index (κ3) is 4.46. The Morgan fingerprint density at radius 2 is 1.39 bits per heavy atom. The molecule has 0 aromatic heterocycles. The molecule has 1 aliphatic rings. The Morgan fingerprint density at radius 3 is 1.95 bits per heavy atom. The van der Waals surface area contributed by atoms with Gasteiger partial charge >= 0.3 is 5.97 Å². The van der Waals surface area contributed by atoms with Gasteiger partial charge in [-0.1, -0.05) is 30.3 Å². The van der Waals surface area contributed by atoms with Crippen LogP contribution in [0.4, 0.5) is 0 Å². The Bertz CT molecular complexity index is 1590. The fourth-order valence-corrected chi connectivity index (χ4v) is 5.13. The van der Waals surface area contributed by atoms with Crippen molar-refractivity contribution in [1.82, 2.24) is 0 Å². The normalized spacial score (nSPS) is 16.0. The molecule has 214 valence electrons. The van der Waals surface area contributed by atoms with Crippen LogP contribution in [-0.4, -0.2) is 65.3 Å². The lowest BCUT2D eigenvalue weighted by molar-refractivity contribution is -0.138. The van der Waals surface area contributed by atoms with Crippen molar-refractivity contribution >= 4 is 17.5 Å². The quantitative estimate of drug-likeness (QED) is 0.234. The second kappa shape index (κ2) is 11.3. The summed E-state index contributed by atoms with van der Waals surface area (Å²) in [7, 11) is 7.98. The number of ketones is 2. The van der Waals surface area contributed by atoms with Crippen LogP contribution >= 0.6 is 0 Å². The van der Waals surface area contributed by atoms with Gasteiger partial charge < -0.3 is 33.5 Å². The zero-order valence-corrected chi connectivity index (χ0v) is 23.7. The van der Waals surface area contributed by atoms with Gasteiger partial charge in [-0.2, -0.15) is 0 Å². The monoisotopic (exact) mass is 562 g/mol. The van der Waals surface area contributed by atoms with E-state index in [1.54, 1.807) is 25.1 Å². The molecule has 0 amide bonds. The lowest BCUT2D eigenvalue weighted by Crippen LogP contribution is -2.43. The molecule has 0 saturated heterocycles. The van der Waals surface area contributed by atoms with Gasteiger partial charge in [0.15, 0.2) is 40.2 Å². The van der Waals surface area contributed by atoms with Crippen LogP contribution in [0, 0.1) is 6.92 Å².